The number of aromatic nitrogens is 1. The molecule has 0 unspecified atom stereocenters. The third-order valence-corrected chi connectivity index (χ3v) is 3.64. The highest BCUT2D eigenvalue weighted by molar-refractivity contribution is 5.89. The molecule has 114 valence electrons. The molecule has 0 bridgehead atoms. The summed E-state index contributed by atoms with van der Waals surface area (Å²) < 4.78 is 5.30. The van der Waals surface area contributed by atoms with E-state index in [2.05, 4.69) is 15.2 Å². The van der Waals surface area contributed by atoms with Crippen LogP contribution in [-0.2, 0) is 11.3 Å². The third kappa shape index (κ3) is 3.62. The Morgan fingerprint density at radius 1 is 1.14 bits per heavy atom. The Bertz CT molecular complexity index is 608. The Morgan fingerprint density at radius 2 is 1.91 bits per heavy atom. The summed E-state index contributed by atoms with van der Waals surface area (Å²) in [6.45, 7) is 4.07. The van der Waals surface area contributed by atoms with Crippen LogP contribution in [0.3, 0.4) is 0 Å². The maximum atomic E-state index is 12.0. The van der Waals surface area contributed by atoms with Crippen LogP contribution in [0.2, 0.25) is 0 Å². The standard InChI is InChI=1S/C17H19N3O2/c21-17(22-13-14-4-2-1-3-5-14)15-6-7-16(19-12-15)20-10-8-18-9-11-20/h1-7,12,18H,8-11,13H2. The van der Waals surface area contributed by atoms with E-state index >= 15 is 0 Å². The van der Waals surface area contributed by atoms with Gasteiger partial charge in [0.2, 0.25) is 0 Å². The highest BCUT2D eigenvalue weighted by atomic mass is 16.5. The highest BCUT2D eigenvalue weighted by Crippen LogP contribution is 2.13. The summed E-state index contributed by atoms with van der Waals surface area (Å²) in [6, 6.07) is 13.3. The maximum absolute atomic E-state index is 12.0. The van der Waals surface area contributed by atoms with Crippen molar-refractivity contribution in [2.45, 2.75) is 6.61 Å². The van der Waals surface area contributed by atoms with E-state index in [1.165, 1.54) is 0 Å². The van der Waals surface area contributed by atoms with Gasteiger partial charge in [-0.05, 0) is 17.7 Å². The van der Waals surface area contributed by atoms with Gasteiger partial charge in [0.1, 0.15) is 12.4 Å². The number of hydrogen-bond acceptors (Lipinski definition) is 5. The van der Waals surface area contributed by atoms with E-state index in [-0.39, 0.29) is 12.6 Å². The lowest BCUT2D eigenvalue weighted by Gasteiger charge is -2.28. The first-order valence-corrected chi connectivity index (χ1v) is 7.46. The predicted molar refractivity (Wildman–Crippen MR) is 84.9 cm³/mol. The maximum Gasteiger partial charge on any atom is 0.340 e. The number of piperazine rings is 1. The molecule has 3 rings (SSSR count). The van der Waals surface area contributed by atoms with Crippen molar-refractivity contribution in [3.8, 4) is 0 Å². The molecule has 0 amide bonds. The fourth-order valence-corrected chi connectivity index (χ4v) is 2.39. The van der Waals surface area contributed by atoms with Crippen molar-refractivity contribution in [1.82, 2.24) is 10.3 Å². The molecule has 0 aliphatic carbocycles. The number of hydrogen-bond donors (Lipinski definition) is 1. The van der Waals surface area contributed by atoms with Crippen molar-refractivity contribution in [2.24, 2.45) is 0 Å². The van der Waals surface area contributed by atoms with Gasteiger partial charge in [-0.2, -0.15) is 0 Å². The average Bonchev–Trinajstić information content (AvgIpc) is 2.61. The van der Waals surface area contributed by atoms with Gasteiger partial charge < -0.3 is 15.0 Å². The molecule has 2 heterocycles. The first-order valence-electron chi connectivity index (χ1n) is 7.46. The molecule has 1 N–H and O–H groups in total. The van der Waals surface area contributed by atoms with E-state index in [0.717, 1.165) is 37.6 Å². The Morgan fingerprint density at radius 3 is 2.59 bits per heavy atom. The van der Waals surface area contributed by atoms with Crippen molar-refractivity contribution in [1.29, 1.82) is 0 Å². The molecule has 0 saturated carbocycles. The molecule has 0 spiro atoms. The first-order chi connectivity index (χ1) is 10.8. The smallest absolute Gasteiger partial charge is 0.340 e. The summed E-state index contributed by atoms with van der Waals surface area (Å²) >= 11 is 0. The largest absolute Gasteiger partial charge is 0.457 e. The van der Waals surface area contributed by atoms with Crippen molar-refractivity contribution in [3.05, 3.63) is 59.8 Å². The van der Waals surface area contributed by atoms with Crippen molar-refractivity contribution in [2.75, 3.05) is 31.1 Å². The van der Waals surface area contributed by atoms with Crippen LogP contribution in [0.15, 0.2) is 48.7 Å². The summed E-state index contributed by atoms with van der Waals surface area (Å²) in [7, 11) is 0. The Labute approximate surface area is 129 Å². The average molecular weight is 297 g/mol. The quantitative estimate of drug-likeness (QED) is 0.873. The van der Waals surface area contributed by atoms with E-state index in [0.29, 0.717) is 5.56 Å². The fraction of sp³-hybridized carbons (Fsp3) is 0.294. The number of nitrogens with zero attached hydrogens (tertiary/aromatic N) is 2. The minimum absolute atomic E-state index is 0.277. The molecular weight excluding hydrogens is 278 g/mol. The molecule has 0 radical (unpaired) electrons. The Hall–Kier alpha value is -2.40. The van der Waals surface area contributed by atoms with Crippen LogP contribution < -0.4 is 10.2 Å². The van der Waals surface area contributed by atoms with E-state index in [1.807, 2.05) is 36.4 Å². The van der Waals surface area contributed by atoms with Crippen LogP contribution in [-0.4, -0.2) is 37.1 Å². The first kappa shape index (κ1) is 14.5. The van der Waals surface area contributed by atoms with Gasteiger partial charge in [-0.15, -0.1) is 0 Å². The molecule has 1 aromatic carbocycles. The molecular formula is C17H19N3O2. The second-order valence-corrected chi connectivity index (χ2v) is 5.20. The van der Waals surface area contributed by atoms with Crippen molar-refractivity contribution >= 4 is 11.8 Å². The predicted octanol–water partition coefficient (Wildman–Crippen LogP) is 1.85. The zero-order valence-corrected chi connectivity index (χ0v) is 12.4. The van der Waals surface area contributed by atoms with E-state index in [1.54, 1.807) is 12.3 Å². The number of rotatable bonds is 4. The topological polar surface area (TPSA) is 54.5 Å². The number of carbonyl (C=O) groups is 1. The summed E-state index contributed by atoms with van der Waals surface area (Å²) in [6.07, 6.45) is 1.59. The lowest BCUT2D eigenvalue weighted by atomic mass is 10.2. The summed E-state index contributed by atoms with van der Waals surface area (Å²) in [5.41, 5.74) is 1.45. The van der Waals surface area contributed by atoms with Crippen LogP contribution in [0.5, 0.6) is 0 Å². The number of ether oxygens (including phenoxy) is 1. The van der Waals surface area contributed by atoms with Crippen LogP contribution in [0.25, 0.3) is 0 Å². The molecule has 1 saturated heterocycles. The second-order valence-electron chi connectivity index (χ2n) is 5.20. The number of benzene rings is 1. The summed E-state index contributed by atoms with van der Waals surface area (Å²) in [4.78, 5) is 18.6. The molecule has 5 heteroatoms. The van der Waals surface area contributed by atoms with Crippen LogP contribution >= 0.6 is 0 Å². The van der Waals surface area contributed by atoms with E-state index in [4.69, 9.17) is 4.74 Å². The minimum Gasteiger partial charge on any atom is -0.457 e. The molecule has 1 fully saturated rings. The van der Waals surface area contributed by atoms with Crippen LogP contribution in [0.1, 0.15) is 15.9 Å². The number of carbonyl (C=O) groups excluding carboxylic acids is 1. The normalized spacial score (nSPS) is 14.6. The number of nitrogens with one attached hydrogen (secondary N) is 1. The fourth-order valence-electron chi connectivity index (χ4n) is 2.39. The monoisotopic (exact) mass is 297 g/mol. The van der Waals surface area contributed by atoms with Crippen LogP contribution in [0.4, 0.5) is 5.82 Å². The van der Waals surface area contributed by atoms with Gasteiger partial charge in [0.05, 0.1) is 5.56 Å². The highest BCUT2D eigenvalue weighted by Gasteiger charge is 2.13. The SMILES string of the molecule is O=C(OCc1ccccc1)c1ccc(N2CCNCC2)nc1. The van der Waals surface area contributed by atoms with Gasteiger partial charge in [-0.25, -0.2) is 9.78 Å². The molecule has 1 aliphatic heterocycles. The van der Waals surface area contributed by atoms with Gasteiger partial charge >= 0.3 is 5.97 Å². The third-order valence-electron chi connectivity index (χ3n) is 3.64. The van der Waals surface area contributed by atoms with Crippen molar-refractivity contribution in [3.63, 3.8) is 0 Å². The van der Waals surface area contributed by atoms with Gasteiger partial charge in [-0.1, -0.05) is 30.3 Å². The molecule has 2 aromatic rings. The lowest BCUT2D eigenvalue weighted by molar-refractivity contribution is 0.0472. The number of pyridine rings is 1. The van der Waals surface area contributed by atoms with Crippen LogP contribution in [0, 0.1) is 0 Å². The minimum atomic E-state index is -0.344. The second kappa shape index (κ2) is 7.04. The van der Waals surface area contributed by atoms with Gasteiger partial charge in [0.15, 0.2) is 0 Å². The summed E-state index contributed by atoms with van der Waals surface area (Å²) in [5, 5.41) is 3.30. The van der Waals surface area contributed by atoms with E-state index < -0.39 is 0 Å². The lowest BCUT2D eigenvalue weighted by Crippen LogP contribution is -2.43. The Kier molecular flexibility index (Phi) is 4.65. The van der Waals surface area contributed by atoms with E-state index in [9.17, 15) is 4.79 Å². The molecule has 0 atom stereocenters. The number of anilines is 1. The van der Waals surface area contributed by atoms with Crippen molar-refractivity contribution < 1.29 is 9.53 Å². The molecule has 1 aliphatic rings. The molecule has 22 heavy (non-hydrogen) atoms. The zero-order valence-electron chi connectivity index (χ0n) is 12.4. The molecule has 5 nitrogen and oxygen atoms in total. The van der Waals surface area contributed by atoms with Gasteiger partial charge in [0, 0.05) is 32.4 Å². The number of esters is 1. The molecule has 1 aromatic heterocycles. The summed E-state index contributed by atoms with van der Waals surface area (Å²) in [5.74, 6) is 0.560. The van der Waals surface area contributed by atoms with Gasteiger partial charge in [-0.3, -0.25) is 0 Å². The van der Waals surface area contributed by atoms with Gasteiger partial charge in [0.25, 0.3) is 0 Å². The Balaban J connectivity index is 1.58. The zero-order chi connectivity index (χ0) is 15.2.